The van der Waals surface area contributed by atoms with E-state index in [4.69, 9.17) is 9.47 Å². The highest BCUT2D eigenvalue weighted by Gasteiger charge is 2.12. The smallest absolute Gasteiger partial charge is 0.257 e. The van der Waals surface area contributed by atoms with E-state index in [0.29, 0.717) is 24.6 Å². The monoisotopic (exact) mass is 361 g/mol. The summed E-state index contributed by atoms with van der Waals surface area (Å²) >= 11 is 0. The van der Waals surface area contributed by atoms with Gasteiger partial charge in [0.25, 0.3) is 5.91 Å². The van der Waals surface area contributed by atoms with Gasteiger partial charge in [-0.25, -0.2) is 4.98 Å². The normalized spacial score (nSPS) is 12.3. The van der Waals surface area contributed by atoms with Crippen LogP contribution in [0, 0.1) is 6.92 Å². The van der Waals surface area contributed by atoms with Crippen LogP contribution in [-0.4, -0.2) is 24.1 Å². The SMILES string of the molecule is Cc1ccccc1C(=O)Nc1ccc(Nc2ccc3c(c2)OCCO3)cn1. The van der Waals surface area contributed by atoms with Gasteiger partial charge in [-0.1, -0.05) is 18.2 Å². The van der Waals surface area contributed by atoms with Gasteiger partial charge in [-0.2, -0.15) is 0 Å². The standard InChI is InChI=1S/C21H19N3O3/c1-14-4-2-3-5-17(14)21(25)24-20-9-7-16(13-22-20)23-15-6-8-18-19(12-15)27-11-10-26-18/h2-9,12-13,23H,10-11H2,1H3,(H,22,24,25). The quantitative estimate of drug-likeness (QED) is 0.730. The third-order valence-electron chi connectivity index (χ3n) is 4.23. The largest absolute Gasteiger partial charge is 0.486 e. The maximum Gasteiger partial charge on any atom is 0.257 e. The lowest BCUT2D eigenvalue weighted by Crippen LogP contribution is -2.15. The number of anilines is 3. The molecule has 0 saturated carbocycles. The van der Waals surface area contributed by atoms with Crippen LogP contribution in [0.3, 0.4) is 0 Å². The lowest BCUT2D eigenvalue weighted by molar-refractivity contribution is 0.102. The van der Waals surface area contributed by atoms with Crippen molar-refractivity contribution in [3.63, 3.8) is 0 Å². The molecule has 3 aromatic rings. The van der Waals surface area contributed by atoms with Gasteiger partial charge in [-0.05, 0) is 42.8 Å². The molecule has 1 amide bonds. The summed E-state index contributed by atoms with van der Waals surface area (Å²) in [6.45, 7) is 3.02. The second-order valence-corrected chi connectivity index (χ2v) is 6.18. The van der Waals surface area contributed by atoms with E-state index in [1.807, 2.05) is 49.4 Å². The molecule has 0 radical (unpaired) electrons. The molecule has 2 heterocycles. The number of nitrogens with zero attached hydrogens (tertiary/aromatic N) is 1. The number of benzene rings is 2. The molecular formula is C21H19N3O3. The summed E-state index contributed by atoms with van der Waals surface area (Å²) in [7, 11) is 0. The first-order valence-corrected chi connectivity index (χ1v) is 8.69. The topological polar surface area (TPSA) is 72.5 Å². The van der Waals surface area contributed by atoms with Gasteiger partial charge in [0.15, 0.2) is 11.5 Å². The zero-order chi connectivity index (χ0) is 18.6. The van der Waals surface area contributed by atoms with E-state index in [9.17, 15) is 4.79 Å². The van der Waals surface area contributed by atoms with E-state index in [2.05, 4.69) is 15.6 Å². The third-order valence-corrected chi connectivity index (χ3v) is 4.23. The van der Waals surface area contributed by atoms with Gasteiger partial charge in [-0.3, -0.25) is 4.79 Å². The number of rotatable bonds is 4. The summed E-state index contributed by atoms with van der Waals surface area (Å²) in [5.74, 6) is 1.80. The molecule has 0 unspecified atom stereocenters. The van der Waals surface area contributed by atoms with Crippen molar-refractivity contribution in [1.29, 1.82) is 0 Å². The molecule has 2 N–H and O–H groups in total. The number of aromatic nitrogens is 1. The van der Waals surface area contributed by atoms with Crippen LogP contribution in [0.5, 0.6) is 11.5 Å². The van der Waals surface area contributed by atoms with E-state index in [0.717, 1.165) is 28.4 Å². The molecule has 1 aromatic heterocycles. The van der Waals surface area contributed by atoms with Crippen LogP contribution in [-0.2, 0) is 0 Å². The van der Waals surface area contributed by atoms with Gasteiger partial charge in [0.05, 0.1) is 11.9 Å². The van der Waals surface area contributed by atoms with Crippen LogP contribution in [0.4, 0.5) is 17.2 Å². The van der Waals surface area contributed by atoms with Gasteiger partial charge in [0.2, 0.25) is 0 Å². The van der Waals surface area contributed by atoms with Crippen LogP contribution in [0.25, 0.3) is 0 Å². The van der Waals surface area contributed by atoms with Gasteiger partial charge in [-0.15, -0.1) is 0 Å². The predicted molar refractivity (Wildman–Crippen MR) is 104 cm³/mol. The van der Waals surface area contributed by atoms with Gasteiger partial charge < -0.3 is 20.1 Å². The summed E-state index contributed by atoms with van der Waals surface area (Å²) in [5, 5.41) is 6.08. The first-order chi connectivity index (χ1) is 13.2. The molecule has 0 atom stereocenters. The number of fused-ring (bicyclic) bond motifs is 1. The molecule has 0 saturated heterocycles. The number of hydrogen-bond donors (Lipinski definition) is 2. The Morgan fingerprint density at radius 1 is 0.963 bits per heavy atom. The van der Waals surface area contributed by atoms with Crippen LogP contribution >= 0.6 is 0 Å². The molecule has 6 heteroatoms. The first kappa shape index (κ1) is 16.9. The van der Waals surface area contributed by atoms with Gasteiger partial charge >= 0.3 is 0 Å². The lowest BCUT2D eigenvalue weighted by atomic mass is 10.1. The molecule has 0 bridgehead atoms. The van der Waals surface area contributed by atoms with Crippen molar-refractivity contribution in [3.8, 4) is 11.5 Å². The maximum absolute atomic E-state index is 12.4. The Labute approximate surface area is 157 Å². The maximum atomic E-state index is 12.4. The van der Waals surface area contributed by atoms with Crippen molar-refractivity contribution in [3.05, 3.63) is 71.9 Å². The molecule has 1 aliphatic heterocycles. The molecule has 1 aliphatic rings. The number of nitrogens with one attached hydrogen (secondary N) is 2. The summed E-state index contributed by atoms with van der Waals surface area (Å²) in [6, 6.07) is 16.8. The summed E-state index contributed by atoms with van der Waals surface area (Å²) in [5.41, 5.74) is 3.24. The molecule has 2 aromatic carbocycles. The van der Waals surface area contributed by atoms with E-state index < -0.39 is 0 Å². The van der Waals surface area contributed by atoms with Crippen LogP contribution in [0.2, 0.25) is 0 Å². The van der Waals surface area contributed by atoms with Crippen LogP contribution < -0.4 is 20.1 Å². The Kier molecular flexibility index (Phi) is 4.61. The number of pyridine rings is 1. The second kappa shape index (κ2) is 7.37. The minimum atomic E-state index is -0.173. The van der Waals surface area contributed by atoms with E-state index in [1.165, 1.54) is 0 Å². The number of amides is 1. The van der Waals surface area contributed by atoms with Crippen LogP contribution in [0.1, 0.15) is 15.9 Å². The third kappa shape index (κ3) is 3.84. The minimum Gasteiger partial charge on any atom is -0.486 e. The number of ether oxygens (including phenoxy) is 2. The average Bonchev–Trinajstić information content (AvgIpc) is 2.70. The highest BCUT2D eigenvalue weighted by atomic mass is 16.6. The molecule has 0 fully saturated rings. The zero-order valence-electron chi connectivity index (χ0n) is 14.9. The molecule has 0 aliphatic carbocycles. The average molecular weight is 361 g/mol. The van der Waals surface area contributed by atoms with Crippen molar-refractivity contribution >= 4 is 23.1 Å². The molecular weight excluding hydrogens is 342 g/mol. The van der Waals surface area contributed by atoms with Crippen molar-refractivity contribution in [2.45, 2.75) is 6.92 Å². The Hall–Kier alpha value is -3.54. The van der Waals surface area contributed by atoms with Crippen molar-refractivity contribution in [1.82, 2.24) is 4.98 Å². The van der Waals surface area contributed by atoms with Crippen molar-refractivity contribution in [2.75, 3.05) is 23.8 Å². The molecule has 4 rings (SSSR count). The molecule has 136 valence electrons. The number of carbonyl (C=O) groups excluding carboxylic acids is 1. The highest BCUT2D eigenvalue weighted by molar-refractivity contribution is 6.04. The Morgan fingerprint density at radius 2 is 1.74 bits per heavy atom. The summed E-state index contributed by atoms with van der Waals surface area (Å²) in [4.78, 5) is 16.7. The molecule has 6 nitrogen and oxygen atoms in total. The highest BCUT2D eigenvalue weighted by Crippen LogP contribution is 2.33. The first-order valence-electron chi connectivity index (χ1n) is 8.69. The van der Waals surface area contributed by atoms with E-state index in [1.54, 1.807) is 18.3 Å². The summed E-state index contributed by atoms with van der Waals surface area (Å²) in [6.07, 6.45) is 1.67. The fourth-order valence-electron chi connectivity index (χ4n) is 2.84. The van der Waals surface area contributed by atoms with E-state index >= 15 is 0 Å². The number of aryl methyl sites for hydroxylation is 1. The number of carbonyl (C=O) groups is 1. The van der Waals surface area contributed by atoms with Gasteiger partial charge in [0.1, 0.15) is 19.0 Å². The molecule has 27 heavy (non-hydrogen) atoms. The Balaban J connectivity index is 1.43. The zero-order valence-corrected chi connectivity index (χ0v) is 14.9. The lowest BCUT2D eigenvalue weighted by Gasteiger charge is -2.19. The molecule has 0 spiro atoms. The van der Waals surface area contributed by atoms with E-state index in [-0.39, 0.29) is 5.91 Å². The second-order valence-electron chi connectivity index (χ2n) is 6.18. The fraction of sp³-hybridized carbons (Fsp3) is 0.143. The van der Waals surface area contributed by atoms with Gasteiger partial charge in [0, 0.05) is 17.3 Å². The van der Waals surface area contributed by atoms with Crippen molar-refractivity contribution in [2.24, 2.45) is 0 Å². The minimum absolute atomic E-state index is 0.173. The van der Waals surface area contributed by atoms with Crippen LogP contribution in [0.15, 0.2) is 60.8 Å². The summed E-state index contributed by atoms with van der Waals surface area (Å²) < 4.78 is 11.1. The number of hydrogen-bond acceptors (Lipinski definition) is 5. The Morgan fingerprint density at radius 3 is 2.52 bits per heavy atom. The Bertz CT molecular complexity index is 971. The predicted octanol–water partition coefficient (Wildman–Crippen LogP) is 4.16. The fourth-order valence-corrected chi connectivity index (χ4v) is 2.84. The van der Waals surface area contributed by atoms with Crippen molar-refractivity contribution < 1.29 is 14.3 Å².